The van der Waals surface area contributed by atoms with Crippen molar-refractivity contribution in [3.63, 3.8) is 0 Å². The molecule has 10 nitrogen and oxygen atoms in total. The molecule has 0 aromatic rings. The van der Waals surface area contributed by atoms with E-state index in [2.05, 4.69) is 10.6 Å². The molecule has 4 N–H and O–H groups in total. The van der Waals surface area contributed by atoms with Crippen molar-refractivity contribution in [3.05, 3.63) is 0 Å². The Hall–Kier alpha value is -1.77. The molecular formula is C20H38N2O8Si2. The molecule has 1 aliphatic carbocycles. The second-order valence-electron chi connectivity index (χ2n) is 9.50. The third-order valence-corrected chi connectivity index (χ3v) is 11.7. The van der Waals surface area contributed by atoms with E-state index in [-0.39, 0.29) is 0 Å². The fourth-order valence-corrected chi connectivity index (χ4v) is 6.37. The van der Waals surface area contributed by atoms with Gasteiger partial charge in [-0.1, -0.05) is 0 Å². The minimum atomic E-state index is -1.79. The fraction of sp³-hybridized carbons (Fsp3) is 0.800. The third kappa shape index (κ3) is 7.68. The molecule has 0 unspecified atom stereocenters. The lowest BCUT2D eigenvalue weighted by Gasteiger charge is -2.45. The van der Waals surface area contributed by atoms with Crippen LogP contribution in [0.25, 0.3) is 0 Å². The van der Waals surface area contributed by atoms with Gasteiger partial charge in [0.2, 0.25) is 11.8 Å². The van der Waals surface area contributed by atoms with Crippen molar-refractivity contribution in [2.24, 2.45) is 23.7 Å². The van der Waals surface area contributed by atoms with E-state index in [9.17, 15) is 29.4 Å². The van der Waals surface area contributed by atoms with Gasteiger partial charge in [-0.25, -0.2) is 0 Å². The summed E-state index contributed by atoms with van der Waals surface area (Å²) in [5.74, 6) is -9.28. The van der Waals surface area contributed by atoms with Gasteiger partial charge in [-0.3, -0.25) is 19.2 Å². The molecule has 0 spiro atoms. The minimum absolute atomic E-state index is 0.295. The highest BCUT2D eigenvalue weighted by molar-refractivity contribution is 6.71. The van der Waals surface area contributed by atoms with Crippen molar-refractivity contribution in [1.29, 1.82) is 0 Å². The van der Waals surface area contributed by atoms with Crippen LogP contribution in [0.1, 0.15) is 12.8 Å². The van der Waals surface area contributed by atoms with Gasteiger partial charge in [0.25, 0.3) is 0 Å². The fourth-order valence-electron chi connectivity index (χ4n) is 3.91. The molecule has 0 aromatic carbocycles. The van der Waals surface area contributed by atoms with Crippen LogP contribution in [-0.4, -0.2) is 77.9 Å². The zero-order valence-corrected chi connectivity index (χ0v) is 21.9. The number of amides is 2. The highest BCUT2D eigenvalue weighted by Gasteiger charge is 2.63. The molecule has 1 fully saturated rings. The Labute approximate surface area is 191 Å². The Kier molecular flexibility index (Phi) is 10.5. The van der Waals surface area contributed by atoms with Crippen molar-refractivity contribution in [3.8, 4) is 0 Å². The van der Waals surface area contributed by atoms with Gasteiger partial charge in [0.05, 0.1) is 23.7 Å². The van der Waals surface area contributed by atoms with E-state index in [0.717, 1.165) is 12.1 Å². The van der Waals surface area contributed by atoms with Gasteiger partial charge in [0.1, 0.15) is 0 Å². The first-order valence-corrected chi connectivity index (χ1v) is 17.1. The SMILES string of the molecule is CO[Si](C)(C)CCCNC(=O)C1C(C(=O)O)C(C(=O)NCCC[Si](C)(C)OC)C1C(=O)O. The summed E-state index contributed by atoms with van der Waals surface area (Å²) in [6, 6.07) is 1.60. The number of aliphatic carboxylic acids is 2. The molecular weight excluding hydrogens is 452 g/mol. The highest BCUT2D eigenvalue weighted by atomic mass is 28.4. The van der Waals surface area contributed by atoms with E-state index in [0.29, 0.717) is 25.9 Å². The average Bonchev–Trinajstić information content (AvgIpc) is 2.67. The van der Waals surface area contributed by atoms with Crippen LogP contribution in [0.4, 0.5) is 0 Å². The standard InChI is InChI=1S/C20H38N2O8Si2/c1-29-31(3,4)11-7-9-21-17(23)13-15(19(25)26)14(16(13)20(27)28)18(24)22-10-8-12-32(5,6)30-2/h13-16H,7-12H2,1-6H3,(H,21,23)(H,22,24)(H,25,26)(H,27,28). The van der Waals surface area contributed by atoms with Crippen molar-refractivity contribution in [2.45, 2.75) is 51.1 Å². The van der Waals surface area contributed by atoms with Crippen LogP contribution in [0.2, 0.25) is 38.3 Å². The smallest absolute Gasteiger partial charge is 0.308 e. The molecule has 12 heteroatoms. The first-order valence-electron chi connectivity index (χ1n) is 10.9. The first-order chi connectivity index (χ1) is 14.8. The number of carbonyl (C=O) groups is 4. The van der Waals surface area contributed by atoms with Crippen LogP contribution in [0.5, 0.6) is 0 Å². The maximum absolute atomic E-state index is 12.6. The lowest BCUT2D eigenvalue weighted by atomic mass is 9.55. The van der Waals surface area contributed by atoms with E-state index >= 15 is 0 Å². The monoisotopic (exact) mass is 490 g/mol. The summed E-state index contributed by atoms with van der Waals surface area (Å²) in [7, 11) is -0.271. The quantitative estimate of drug-likeness (QED) is 0.210. The number of carbonyl (C=O) groups excluding carboxylic acids is 2. The minimum Gasteiger partial charge on any atom is -0.481 e. The predicted octanol–water partition coefficient (Wildman–Crippen LogP) is 1.35. The first kappa shape index (κ1) is 28.3. The van der Waals surface area contributed by atoms with Crippen molar-refractivity contribution < 1.29 is 38.2 Å². The molecule has 32 heavy (non-hydrogen) atoms. The van der Waals surface area contributed by atoms with Crippen LogP contribution in [-0.2, 0) is 28.0 Å². The van der Waals surface area contributed by atoms with Gasteiger partial charge in [0.15, 0.2) is 16.6 Å². The Morgan fingerprint density at radius 2 is 1.00 bits per heavy atom. The number of rotatable bonds is 14. The average molecular weight is 491 g/mol. The number of nitrogens with one attached hydrogen (secondary N) is 2. The van der Waals surface area contributed by atoms with E-state index in [4.69, 9.17) is 8.85 Å². The van der Waals surface area contributed by atoms with Crippen LogP contribution in [0.3, 0.4) is 0 Å². The van der Waals surface area contributed by atoms with E-state index in [1.807, 2.05) is 26.2 Å². The summed E-state index contributed by atoms with van der Waals surface area (Å²) in [6.07, 6.45) is 1.29. The molecule has 2 amide bonds. The second kappa shape index (κ2) is 11.9. The third-order valence-electron chi connectivity index (χ3n) is 6.34. The summed E-state index contributed by atoms with van der Waals surface area (Å²) < 4.78 is 10.9. The second-order valence-corrected chi connectivity index (χ2v) is 18.4. The maximum Gasteiger partial charge on any atom is 0.308 e. The van der Waals surface area contributed by atoms with E-state index < -0.39 is 64.1 Å². The summed E-state index contributed by atoms with van der Waals surface area (Å²) in [4.78, 5) is 48.9. The van der Waals surface area contributed by atoms with Crippen LogP contribution in [0, 0.1) is 23.7 Å². The van der Waals surface area contributed by atoms with Gasteiger partial charge in [-0.15, -0.1) is 0 Å². The van der Waals surface area contributed by atoms with Crippen LogP contribution in [0.15, 0.2) is 0 Å². The van der Waals surface area contributed by atoms with Gasteiger partial charge < -0.3 is 29.7 Å². The molecule has 1 rings (SSSR count). The lowest BCUT2D eigenvalue weighted by Crippen LogP contribution is -2.63. The van der Waals surface area contributed by atoms with Crippen molar-refractivity contribution >= 4 is 40.4 Å². The Balaban J connectivity index is 2.74. The molecule has 0 aromatic heterocycles. The van der Waals surface area contributed by atoms with Gasteiger partial charge in [0, 0.05) is 27.3 Å². The van der Waals surface area contributed by atoms with Gasteiger partial charge >= 0.3 is 11.9 Å². The van der Waals surface area contributed by atoms with Gasteiger partial charge in [-0.2, -0.15) is 0 Å². The molecule has 1 saturated carbocycles. The number of carboxylic acid groups (broad SMARTS) is 2. The predicted molar refractivity (Wildman–Crippen MR) is 123 cm³/mol. The molecule has 1 aliphatic rings. The molecule has 0 saturated heterocycles. The Morgan fingerprint density at radius 3 is 1.25 bits per heavy atom. The van der Waals surface area contributed by atoms with Crippen molar-refractivity contribution in [1.82, 2.24) is 10.6 Å². The largest absolute Gasteiger partial charge is 0.481 e. The number of hydrogen-bond donors (Lipinski definition) is 4. The molecule has 184 valence electrons. The molecule has 0 atom stereocenters. The van der Waals surface area contributed by atoms with E-state index in [1.54, 1.807) is 14.2 Å². The topological polar surface area (TPSA) is 151 Å². The maximum atomic E-state index is 12.6. The van der Waals surface area contributed by atoms with Crippen LogP contribution < -0.4 is 10.6 Å². The summed E-state index contributed by atoms with van der Waals surface area (Å²) in [5, 5.41) is 24.5. The molecule has 0 radical (unpaired) electrons. The van der Waals surface area contributed by atoms with Crippen LogP contribution >= 0.6 is 0 Å². The Morgan fingerprint density at radius 1 is 0.688 bits per heavy atom. The number of hydrogen-bond acceptors (Lipinski definition) is 6. The van der Waals surface area contributed by atoms with Crippen molar-refractivity contribution in [2.75, 3.05) is 27.3 Å². The zero-order chi connectivity index (χ0) is 24.7. The normalized spacial score (nSPS) is 23.2. The summed E-state index contributed by atoms with van der Waals surface area (Å²) in [5.41, 5.74) is 0. The summed E-state index contributed by atoms with van der Waals surface area (Å²) >= 11 is 0. The molecule has 0 heterocycles. The Bertz CT molecular complexity index is 635. The molecule has 0 bridgehead atoms. The highest BCUT2D eigenvalue weighted by Crippen LogP contribution is 2.47. The number of carboxylic acids is 2. The van der Waals surface area contributed by atoms with Gasteiger partial charge in [-0.05, 0) is 51.1 Å². The summed E-state index contributed by atoms with van der Waals surface area (Å²) in [6.45, 7) is 8.77. The lowest BCUT2D eigenvalue weighted by molar-refractivity contribution is -0.181. The zero-order valence-electron chi connectivity index (χ0n) is 19.9. The molecule has 0 aliphatic heterocycles. The van der Waals surface area contributed by atoms with E-state index in [1.165, 1.54) is 0 Å².